The zero-order chi connectivity index (χ0) is 28.8. The van der Waals surface area contributed by atoms with Gasteiger partial charge < -0.3 is 15.0 Å². The number of aromatic nitrogens is 2. The van der Waals surface area contributed by atoms with E-state index in [9.17, 15) is 18.0 Å². The van der Waals surface area contributed by atoms with E-state index in [4.69, 9.17) is 9.72 Å². The summed E-state index contributed by atoms with van der Waals surface area (Å²) in [6, 6.07) is 9.34. The number of fused-ring (bicyclic) bond motifs is 5. The van der Waals surface area contributed by atoms with Gasteiger partial charge in [0.05, 0.1) is 11.0 Å². The van der Waals surface area contributed by atoms with Crippen molar-refractivity contribution in [1.29, 1.82) is 0 Å². The number of amides is 1. The topological polar surface area (TPSA) is 94.7 Å². The van der Waals surface area contributed by atoms with Crippen molar-refractivity contribution in [3.8, 4) is 0 Å². The maximum Gasteiger partial charge on any atom is 0.394 e. The molecule has 1 aliphatic carbocycles. The van der Waals surface area contributed by atoms with Crippen LogP contribution in [-0.2, 0) is 4.74 Å². The van der Waals surface area contributed by atoms with Gasteiger partial charge in [0.1, 0.15) is 28.7 Å². The summed E-state index contributed by atoms with van der Waals surface area (Å²) in [4.78, 5) is 25.3. The predicted octanol–water partition coefficient (Wildman–Crippen LogP) is 5.39. The van der Waals surface area contributed by atoms with Gasteiger partial charge in [-0.3, -0.25) is 14.5 Å². The summed E-state index contributed by atoms with van der Waals surface area (Å²) in [6.45, 7) is 5.05. The van der Waals surface area contributed by atoms with E-state index in [1.165, 1.54) is 0 Å². The van der Waals surface area contributed by atoms with E-state index >= 15 is 0 Å². The van der Waals surface area contributed by atoms with Gasteiger partial charge in [-0.25, -0.2) is 9.97 Å². The SMILES string of the molecule is CC1(C)CCC2CCNc3cccc(n3)SNC(=O)c3ccc(N4C=CC(OCCC5(C(F)(F)F)CC5)N4)nc3N21. The summed E-state index contributed by atoms with van der Waals surface area (Å²) in [5.41, 5.74) is 1.79. The Morgan fingerprint density at radius 3 is 2.73 bits per heavy atom. The van der Waals surface area contributed by atoms with Crippen molar-refractivity contribution in [2.24, 2.45) is 5.41 Å². The second kappa shape index (κ2) is 10.7. The molecule has 0 aromatic carbocycles. The first kappa shape index (κ1) is 28.1. The number of halogens is 3. The van der Waals surface area contributed by atoms with Gasteiger partial charge in [-0.05, 0) is 82.7 Å². The van der Waals surface area contributed by atoms with Gasteiger partial charge in [-0.15, -0.1) is 0 Å². The molecule has 2 bridgehead atoms. The monoisotopic (exact) mass is 589 g/mol. The molecule has 1 saturated heterocycles. The van der Waals surface area contributed by atoms with Crippen LogP contribution in [0.5, 0.6) is 0 Å². The van der Waals surface area contributed by atoms with Gasteiger partial charge in [-0.2, -0.15) is 18.6 Å². The normalized spacial score (nSPS) is 24.9. The average molecular weight is 590 g/mol. The van der Waals surface area contributed by atoms with Gasteiger partial charge >= 0.3 is 6.18 Å². The molecule has 5 heterocycles. The fraction of sp³-hybridized carbons (Fsp3) is 0.536. The number of hydrogen-bond acceptors (Lipinski definition) is 9. The fourth-order valence-electron chi connectivity index (χ4n) is 5.85. The van der Waals surface area contributed by atoms with Crippen LogP contribution in [0.4, 0.5) is 30.6 Å². The minimum absolute atomic E-state index is 0.000122. The number of hydrazine groups is 1. The number of ether oxygens (including phenoxy) is 1. The lowest BCUT2D eigenvalue weighted by molar-refractivity contribution is -0.192. The maximum atomic E-state index is 13.5. The molecule has 9 nitrogen and oxygen atoms in total. The van der Waals surface area contributed by atoms with Crippen molar-refractivity contribution in [2.45, 2.75) is 81.4 Å². The van der Waals surface area contributed by atoms with Crippen LogP contribution in [0.3, 0.4) is 0 Å². The van der Waals surface area contributed by atoms with Crippen LogP contribution >= 0.6 is 11.9 Å². The van der Waals surface area contributed by atoms with Crippen LogP contribution in [0, 0.1) is 5.41 Å². The molecule has 13 heteroatoms. The molecule has 6 rings (SSSR count). The largest absolute Gasteiger partial charge is 0.394 e. The third-order valence-corrected chi connectivity index (χ3v) is 9.18. The van der Waals surface area contributed by atoms with Crippen molar-refractivity contribution in [3.63, 3.8) is 0 Å². The van der Waals surface area contributed by atoms with Crippen LogP contribution in [0.25, 0.3) is 0 Å². The van der Waals surface area contributed by atoms with Crippen molar-refractivity contribution < 1.29 is 22.7 Å². The highest BCUT2D eigenvalue weighted by atomic mass is 32.2. The number of alkyl halides is 3. The van der Waals surface area contributed by atoms with Gasteiger partial charge in [-0.1, -0.05) is 6.07 Å². The third-order valence-electron chi connectivity index (χ3n) is 8.45. The molecule has 3 aliphatic heterocycles. The summed E-state index contributed by atoms with van der Waals surface area (Å²) in [6.07, 6.45) is 1.76. The molecule has 220 valence electrons. The Kier molecular flexibility index (Phi) is 7.31. The number of pyridine rings is 2. The van der Waals surface area contributed by atoms with Crippen molar-refractivity contribution >= 4 is 35.3 Å². The van der Waals surface area contributed by atoms with E-state index in [-0.39, 0.29) is 43.4 Å². The summed E-state index contributed by atoms with van der Waals surface area (Å²) in [7, 11) is 0. The quantitative estimate of drug-likeness (QED) is 0.397. The Balaban J connectivity index is 1.22. The van der Waals surface area contributed by atoms with E-state index in [1.54, 1.807) is 29.4 Å². The zero-order valence-electron chi connectivity index (χ0n) is 23.0. The molecule has 2 fully saturated rings. The summed E-state index contributed by atoms with van der Waals surface area (Å²) >= 11 is 1.16. The number of nitrogens with zero attached hydrogens (tertiary/aromatic N) is 4. The number of carbonyl (C=O) groups is 1. The number of anilines is 3. The lowest BCUT2D eigenvalue weighted by Gasteiger charge is -2.38. The lowest BCUT2D eigenvalue weighted by atomic mass is 10.0. The molecule has 2 aromatic rings. The molecule has 3 N–H and O–H groups in total. The molecular weight excluding hydrogens is 555 g/mol. The van der Waals surface area contributed by atoms with Crippen molar-refractivity contribution in [2.75, 3.05) is 28.4 Å². The Morgan fingerprint density at radius 1 is 1.12 bits per heavy atom. The number of rotatable bonds is 5. The molecule has 1 saturated carbocycles. The molecule has 2 aromatic heterocycles. The van der Waals surface area contributed by atoms with Crippen molar-refractivity contribution in [1.82, 2.24) is 20.1 Å². The van der Waals surface area contributed by atoms with Crippen LogP contribution in [0.15, 0.2) is 47.6 Å². The Labute approximate surface area is 241 Å². The molecular formula is C28H34F3N7O2S. The van der Waals surface area contributed by atoms with Gasteiger partial charge in [0.25, 0.3) is 5.91 Å². The molecule has 2 atom stereocenters. The van der Waals surface area contributed by atoms with E-state index in [0.29, 0.717) is 22.2 Å². The predicted molar refractivity (Wildman–Crippen MR) is 151 cm³/mol. The Morgan fingerprint density at radius 2 is 1.95 bits per heavy atom. The lowest BCUT2D eigenvalue weighted by Crippen LogP contribution is -2.45. The standard InChI is InChI=1S/C28H34F3N7O2S/c1-26(2)11-8-18-9-15-32-20-4-3-5-23(33-20)41-36-25(39)19-6-7-21(34-24(19)38(18)26)37-16-10-22(35-37)40-17-14-27(12-13-27)28(29,30)31/h3-7,10,16,18,22,35H,8-9,11-15,17H2,1-2H3,(H,32,33)(H,36,39). The van der Waals surface area contributed by atoms with Crippen LogP contribution < -0.4 is 25.4 Å². The molecule has 41 heavy (non-hydrogen) atoms. The van der Waals surface area contributed by atoms with Crippen LogP contribution in [-0.4, -0.2) is 53.0 Å². The Hall–Kier alpha value is -3.03. The molecule has 0 radical (unpaired) electrons. The molecule has 1 amide bonds. The molecule has 2 unspecified atom stereocenters. The summed E-state index contributed by atoms with van der Waals surface area (Å²) in [5.74, 6) is 1.64. The Bertz CT molecular complexity index is 1330. The summed E-state index contributed by atoms with van der Waals surface area (Å²) in [5, 5.41) is 5.77. The number of carbonyl (C=O) groups excluding carboxylic acids is 1. The fourth-order valence-corrected chi connectivity index (χ4v) is 6.45. The maximum absolute atomic E-state index is 13.5. The first-order valence-corrected chi connectivity index (χ1v) is 14.8. The van der Waals surface area contributed by atoms with E-state index in [1.807, 2.05) is 18.2 Å². The van der Waals surface area contributed by atoms with Crippen LogP contribution in [0.2, 0.25) is 0 Å². The van der Waals surface area contributed by atoms with Crippen LogP contribution in [0.1, 0.15) is 62.7 Å². The molecule has 0 spiro atoms. The van der Waals surface area contributed by atoms with Gasteiger partial charge in [0, 0.05) is 42.9 Å². The zero-order valence-corrected chi connectivity index (χ0v) is 23.8. The minimum atomic E-state index is -4.19. The highest BCUT2D eigenvalue weighted by Crippen LogP contribution is 2.59. The van der Waals surface area contributed by atoms with E-state index in [2.05, 4.69) is 39.2 Å². The van der Waals surface area contributed by atoms with Crippen molar-refractivity contribution in [3.05, 3.63) is 48.2 Å². The first-order chi connectivity index (χ1) is 19.5. The smallest absolute Gasteiger partial charge is 0.370 e. The second-order valence-electron chi connectivity index (χ2n) is 11.7. The summed E-state index contributed by atoms with van der Waals surface area (Å²) < 4.78 is 48.4. The van der Waals surface area contributed by atoms with Gasteiger partial charge in [0.15, 0.2) is 0 Å². The number of nitrogens with one attached hydrogen (secondary N) is 3. The minimum Gasteiger partial charge on any atom is -0.370 e. The third kappa shape index (κ3) is 5.71. The first-order valence-electron chi connectivity index (χ1n) is 14.0. The van der Waals surface area contributed by atoms with E-state index < -0.39 is 17.8 Å². The van der Waals surface area contributed by atoms with E-state index in [0.717, 1.165) is 43.6 Å². The highest BCUT2D eigenvalue weighted by molar-refractivity contribution is 7.97. The number of hydrogen-bond donors (Lipinski definition) is 3. The second-order valence-corrected chi connectivity index (χ2v) is 12.5. The highest BCUT2D eigenvalue weighted by Gasteiger charge is 2.62. The van der Waals surface area contributed by atoms with Gasteiger partial charge in [0.2, 0.25) is 0 Å². The average Bonchev–Trinajstić information content (AvgIpc) is 3.48. The molecule has 4 aliphatic rings.